The van der Waals surface area contributed by atoms with Crippen molar-refractivity contribution >= 4 is 23.4 Å². The summed E-state index contributed by atoms with van der Waals surface area (Å²) in [5, 5.41) is 5.42. The number of pyridine rings is 1. The lowest BCUT2D eigenvalue weighted by Gasteiger charge is -2.37. The lowest BCUT2D eigenvalue weighted by molar-refractivity contribution is -0.124. The Bertz CT molecular complexity index is 1050. The minimum Gasteiger partial charge on any atom is -0.484 e. The fraction of sp³-hybridized carbons (Fsp3) is 0.286. The molecule has 2 N–H and O–H groups in total. The van der Waals surface area contributed by atoms with E-state index in [2.05, 4.69) is 15.6 Å². The second-order valence-corrected chi connectivity index (χ2v) is 7.69. The number of hydrogen-bond donors (Lipinski definition) is 2. The minimum atomic E-state index is -0.646. The molecule has 0 spiro atoms. The lowest BCUT2D eigenvalue weighted by atomic mass is 9.84. The molecule has 1 aliphatic rings. The van der Waals surface area contributed by atoms with Gasteiger partial charge in [0.2, 0.25) is 5.95 Å². The van der Waals surface area contributed by atoms with E-state index in [9.17, 15) is 18.4 Å². The van der Waals surface area contributed by atoms with E-state index in [-0.39, 0.29) is 24.0 Å². The van der Waals surface area contributed by atoms with Gasteiger partial charge >= 0.3 is 0 Å². The van der Waals surface area contributed by atoms with E-state index in [1.807, 2.05) is 0 Å². The third kappa shape index (κ3) is 6.14. The van der Waals surface area contributed by atoms with Crippen LogP contribution in [0.3, 0.4) is 0 Å². The van der Waals surface area contributed by atoms with Crippen LogP contribution >= 0.6 is 11.6 Å². The molecule has 0 radical (unpaired) electrons. The molecular formula is C21H20ClF2N3O4. The Morgan fingerprint density at radius 2 is 1.90 bits per heavy atom. The minimum absolute atomic E-state index is 0.0339. The molecule has 1 unspecified atom stereocenters. The monoisotopic (exact) mass is 451 g/mol. The zero-order valence-corrected chi connectivity index (χ0v) is 17.6. The van der Waals surface area contributed by atoms with Crippen LogP contribution in [0.2, 0.25) is 5.02 Å². The van der Waals surface area contributed by atoms with Gasteiger partial charge in [-0.25, -0.2) is 9.37 Å². The molecule has 1 aromatic carbocycles. The summed E-state index contributed by atoms with van der Waals surface area (Å²) in [5.41, 5.74) is 0.514. The molecule has 2 aromatic rings. The Morgan fingerprint density at radius 3 is 2.58 bits per heavy atom. The Kier molecular flexibility index (Phi) is 6.74. The van der Waals surface area contributed by atoms with Crippen LogP contribution in [0.1, 0.15) is 18.9 Å². The SMILES string of the molecule is Cc1cc(F)ncc1OCC(=O)NC1=CC(C)(NC(=O)COc2ccc(Cl)c(F)c2)C1. The van der Waals surface area contributed by atoms with Gasteiger partial charge in [-0.2, -0.15) is 4.39 Å². The van der Waals surface area contributed by atoms with Crippen molar-refractivity contribution in [1.82, 2.24) is 15.6 Å². The first-order chi connectivity index (χ1) is 14.6. The van der Waals surface area contributed by atoms with Crippen molar-refractivity contribution in [1.29, 1.82) is 0 Å². The summed E-state index contributed by atoms with van der Waals surface area (Å²) in [6.45, 7) is 2.87. The van der Waals surface area contributed by atoms with Gasteiger partial charge < -0.3 is 20.1 Å². The molecule has 0 bridgehead atoms. The summed E-state index contributed by atoms with van der Waals surface area (Å²) >= 11 is 5.60. The van der Waals surface area contributed by atoms with Crippen molar-refractivity contribution in [3.63, 3.8) is 0 Å². The zero-order chi connectivity index (χ0) is 22.6. The summed E-state index contributed by atoms with van der Waals surface area (Å²) in [7, 11) is 0. The van der Waals surface area contributed by atoms with E-state index in [1.54, 1.807) is 19.9 Å². The normalized spacial score (nSPS) is 17.3. The number of aromatic nitrogens is 1. The number of aryl methyl sites for hydroxylation is 1. The summed E-state index contributed by atoms with van der Waals surface area (Å²) in [6, 6.07) is 5.11. The molecule has 0 saturated heterocycles. The number of carbonyl (C=O) groups is 2. The van der Waals surface area contributed by atoms with Crippen LogP contribution in [-0.2, 0) is 9.59 Å². The van der Waals surface area contributed by atoms with E-state index >= 15 is 0 Å². The number of halogens is 3. The van der Waals surface area contributed by atoms with Crippen LogP contribution in [0, 0.1) is 18.7 Å². The van der Waals surface area contributed by atoms with Crippen LogP contribution < -0.4 is 20.1 Å². The predicted octanol–water partition coefficient (Wildman–Crippen LogP) is 3.06. The number of rotatable bonds is 8. The van der Waals surface area contributed by atoms with Gasteiger partial charge in [-0.3, -0.25) is 9.59 Å². The summed E-state index contributed by atoms with van der Waals surface area (Å²) in [6.07, 6.45) is 3.32. The van der Waals surface area contributed by atoms with Crippen LogP contribution in [0.5, 0.6) is 11.5 Å². The van der Waals surface area contributed by atoms with Crippen molar-refractivity contribution in [2.24, 2.45) is 0 Å². The molecule has 0 saturated carbocycles. The topological polar surface area (TPSA) is 89.5 Å². The predicted molar refractivity (Wildman–Crippen MR) is 109 cm³/mol. The largest absolute Gasteiger partial charge is 0.484 e. The average molecular weight is 452 g/mol. The van der Waals surface area contributed by atoms with Gasteiger partial charge in [0.15, 0.2) is 13.2 Å². The van der Waals surface area contributed by atoms with E-state index in [4.69, 9.17) is 21.1 Å². The summed E-state index contributed by atoms with van der Waals surface area (Å²) < 4.78 is 37.0. The maximum Gasteiger partial charge on any atom is 0.262 e. The number of amides is 2. The first-order valence-electron chi connectivity index (χ1n) is 9.29. The van der Waals surface area contributed by atoms with Crippen molar-refractivity contribution in [2.75, 3.05) is 13.2 Å². The number of benzene rings is 1. The first-order valence-corrected chi connectivity index (χ1v) is 9.67. The third-order valence-corrected chi connectivity index (χ3v) is 4.73. The van der Waals surface area contributed by atoms with Crippen molar-refractivity contribution in [3.05, 3.63) is 64.6 Å². The third-order valence-electron chi connectivity index (χ3n) is 4.42. The Labute approximate surface area is 182 Å². The van der Waals surface area contributed by atoms with Gasteiger partial charge in [-0.05, 0) is 43.7 Å². The number of hydrogen-bond acceptors (Lipinski definition) is 5. The van der Waals surface area contributed by atoms with Gasteiger partial charge in [-0.15, -0.1) is 0 Å². The smallest absolute Gasteiger partial charge is 0.262 e. The number of carbonyl (C=O) groups excluding carboxylic acids is 2. The second kappa shape index (κ2) is 9.30. The second-order valence-electron chi connectivity index (χ2n) is 7.29. The van der Waals surface area contributed by atoms with Crippen LogP contribution in [-0.4, -0.2) is 35.6 Å². The molecule has 164 valence electrons. The standard InChI is InChI=1S/C21H20ClF2N3O4/c1-12-5-18(24)25-9-17(12)31-10-19(28)26-13-7-21(2,8-13)27-20(29)11-30-14-3-4-15(22)16(23)6-14/h3-7,9H,8,10-11H2,1-2H3,(H,26,28)(H,27,29). The highest BCUT2D eigenvalue weighted by Crippen LogP contribution is 2.28. The van der Waals surface area contributed by atoms with E-state index in [0.717, 1.165) is 6.07 Å². The van der Waals surface area contributed by atoms with Crippen LogP contribution in [0.4, 0.5) is 8.78 Å². The molecule has 7 nitrogen and oxygen atoms in total. The maximum absolute atomic E-state index is 13.4. The molecule has 0 fully saturated rings. The molecule has 0 aliphatic heterocycles. The highest BCUT2D eigenvalue weighted by atomic mass is 35.5. The molecule has 1 heterocycles. The molecule has 3 rings (SSSR count). The fourth-order valence-electron chi connectivity index (χ4n) is 3.00. The van der Waals surface area contributed by atoms with Gasteiger partial charge in [0, 0.05) is 18.2 Å². The molecule has 1 atom stereocenters. The average Bonchev–Trinajstić information content (AvgIpc) is 2.67. The van der Waals surface area contributed by atoms with Crippen LogP contribution in [0.25, 0.3) is 0 Å². The van der Waals surface area contributed by atoms with Crippen LogP contribution in [0.15, 0.2) is 42.2 Å². The molecule has 1 aromatic heterocycles. The number of ether oxygens (including phenoxy) is 2. The Hall–Kier alpha value is -3.20. The van der Waals surface area contributed by atoms with Gasteiger partial charge in [0.05, 0.1) is 16.8 Å². The molecular weight excluding hydrogens is 432 g/mol. The fourth-order valence-corrected chi connectivity index (χ4v) is 3.12. The van der Waals surface area contributed by atoms with Crippen molar-refractivity contribution < 1.29 is 27.8 Å². The quantitative estimate of drug-likeness (QED) is 0.602. The number of nitrogens with zero attached hydrogens (tertiary/aromatic N) is 1. The summed E-state index contributed by atoms with van der Waals surface area (Å²) in [4.78, 5) is 27.6. The van der Waals surface area contributed by atoms with Gasteiger partial charge in [0.1, 0.15) is 17.3 Å². The first kappa shape index (κ1) is 22.5. The molecule has 1 aliphatic carbocycles. The highest BCUT2D eigenvalue weighted by Gasteiger charge is 2.34. The highest BCUT2D eigenvalue weighted by molar-refractivity contribution is 6.30. The Balaban J connectivity index is 1.42. The number of nitrogens with one attached hydrogen (secondary N) is 2. The van der Waals surface area contributed by atoms with Crippen molar-refractivity contribution in [2.45, 2.75) is 25.8 Å². The molecule has 2 amide bonds. The molecule has 10 heteroatoms. The van der Waals surface area contributed by atoms with Gasteiger partial charge in [-0.1, -0.05) is 11.6 Å². The maximum atomic E-state index is 13.4. The van der Waals surface area contributed by atoms with E-state index in [1.165, 1.54) is 24.4 Å². The molecule has 31 heavy (non-hydrogen) atoms. The lowest BCUT2D eigenvalue weighted by Crippen LogP contribution is -2.53. The van der Waals surface area contributed by atoms with E-state index < -0.39 is 29.1 Å². The van der Waals surface area contributed by atoms with Crippen molar-refractivity contribution in [3.8, 4) is 11.5 Å². The summed E-state index contributed by atoms with van der Waals surface area (Å²) in [5.74, 6) is -1.55. The zero-order valence-electron chi connectivity index (χ0n) is 16.8. The Morgan fingerprint density at radius 1 is 1.19 bits per heavy atom. The van der Waals surface area contributed by atoms with Gasteiger partial charge in [0.25, 0.3) is 11.8 Å². The van der Waals surface area contributed by atoms with E-state index in [0.29, 0.717) is 23.4 Å².